The van der Waals surface area contributed by atoms with E-state index >= 15 is 0 Å². The molecule has 0 spiro atoms. The highest BCUT2D eigenvalue weighted by atomic mass is 79.9. The summed E-state index contributed by atoms with van der Waals surface area (Å²) in [5, 5.41) is 3.70. The maximum absolute atomic E-state index is 13.4. The van der Waals surface area contributed by atoms with Crippen LogP contribution in [0.25, 0.3) is 0 Å². The molecule has 0 radical (unpaired) electrons. The second kappa shape index (κ2) is 6.57. The van der Waals surface area contributed by atoms with Crippen molar-refractivity contribution in [2.75, 3.05) is 6.54 Å². The van der Waals surface area contributed by atoms with E-state index in [0.717, 1.165) is 6.54 Å². The van der Waals surface area contributed by atoms with Crippen molar-refractivity contribution in [3.63, 3.8) is 0 Å². The van der Waals surface area contributed by atoms with Crippen LogP contribution in [-0.2, 0) is 0 Å². The van der Waals surface area contributed by atoms with Gasteiger partial charge in [-0.05, 0) is 77.2 Å². The van der Waals surface area contributed by atoms with E-state index < -0.39 is 0 Å². The van der Waals surface area contributed by atoms with Gasteiger partial charge in [-0.25, -0.2) is 4.39 Å². The highest BCUT2D eigenvalue weighted by Gasteiger charge is 2.52. The van der Waals surface area contributed by atoms with E-state index in [1.54, 1.807) is 6.07 Å². The predicted octanol–water partition coefficient (Wildman–Crippen LogP) is 5.25. The van der Waals surface area contributed by atoms with Gasteiger partial charge in [0, 0.05) is 6.04 Å². The Morgan fingerprint density at radius 2 is 2.00 bits per heavy atom. The lowest BCUT2D eigenvalue weighted by Gasteiger charge is -2.57. The van der Waals surface area contributed by atoms with Gasteiger partial charge >= 0.3 is 0 Å². The SMILES string of the molecule is CCCNC1CC(c2ccc(F)c(Br)c2)C1(CC)CC. The number of halogens is 2. The Morgan fingerprint density at radius 1 is 1.30 bits per heavy atom. The van der Waals surface area contributed by atoms with Gasteiger partial charge < -0.3 is 5.32 Å². The number of nitrogens with one attached hydrogen (secondary N) is 1. The predicted molar refractivity (Wildman–Crippen MR) is 86.6 cm³/mol. The van der Waals surface area contributed by atoms with Crippen LogP contribution in [0.15, 0.2) is 22.7 Å². The van der Waals surface area contributed by atoms with Crippen LogP contribution >= 0.6 is 15.9 Å². The summed E-state index contributed by atoms with van der Waals surface area (Å²) in [6.07, 6.45) is 4.68. The molecule has 1 nitrogen and oxygen atoms in total. The van der Waals surface area contributed by atoms with Gasteiger partial charge in [0.05, 0.1) is 4.47 Å². The summed E-state index contributed by atoms with van der Waals surface area (Å²) in [7, 11) is 0. The minimum atomic E-state index is -0.174. The maximum atomic E-state index is 13.4. The molecule has 0 aliphatic heterocycles. The first kappa shape index (κ1) is 16.0. The number of hydrogen-bond acceptors (Lipinski definition) is 1. The average Bonchev–Trinajstić information content (AvgIpc) is 2.43. The van der Waals surface area contributed by atoms with Crippen molar-refractivity contribution in [3.05, 3.63) is 34.1 Å². The smallest absolute Gasteiger partial charge is 0.137 e. The molecule has 1 N–H and O–H groups in total. The number of rotatable bonds is 6. The summed E-state index contributed by atoms with van der Waals surface area (Å²) < 4.78 is 14.0. The summed E-state index contributed by atoms with van der Waals surface area (Å²) in [5.74, 6) is 0.371. The molecule has 3 heteroatoms. The van der Waals surface area contributed by atoms with Gasteiger partial charge in [-0.15, -0.1) is 0 Å². The quantitative estimate of drug-likeness (QED) is 0.744. The zero-order chi connectivity index (χ0) is 14.8. The third-order valence-electron chi connectivity index (χ3n) is 5.16. The summed E-state index contributed by atoms with van der Waals surface area (Å²) >= 11 is 3.32. The molecule has 2 atom stereocenters. The van der Waals surface area contributed by atoms with E-state index in [0.29, 0.717) is 21.8 Å². The third kappa shape index (κ3) is 2.67. The van der Waals surface area contributed by atoms with Crippen LogP contribution in [0, 0.1) is 11.2 Å². The first-order valence-electron chi connectivity index (χ1n) is 7.77. The second-order valence-corrected chi connectivity index (χ2v) is 6.76. The van der Waals surface area contributed by atoms with E-state index in [-0.39, 0.29) is 5.82 Å². The average molecular weight is 342 g/mol. The van der Waals surface area contributed by atoms with Crippen LogP contribution in [0.4, 0.5) is 4.39 Å². The van der Waals surface area contributed by atoms with Gasteiger partial charge in [-0.1, -0.05) is 26.8 Å². The fourth-order valence-corrected chi connectivity index (χ4v) is 4.22. The van der Waals surface area contributed by atoms with Gasteiger partial charge in [0.2, 0.25) is 0 Å². The molecular formula is C17H25BrFN. The highest BCUT2D eigenvalue weighted by Crippen LogP contribution is 2.57. The first-order chi connectivity index (χ1) is 9.58. The largest absolute Gasteiger partial charge is 0.313 e. The molecule has 2 rings (SSSR count). The van der Waals surface area contributed by atoms with Crippen LogP contribution < -0.4 is 5.32 Å². The summed E-state index contributed by atoms with van der Waals surface area (Å²) in [6, 6.07) is 6.12. The monoisotopic (exact) mass is 341 g/mol. The standard InChI is InChI=1S/C17H25BrFN/c1-4-9-20-16-11-13(17(16,5-2)6-3)12-7-8-15(19)14(18)10-12/h7-8,10,13,16,20H,4-6,9,11H2,1-3H3. The van der Waals surface area contributed by atoms with Crippen LogP contribution in [-0.4, -0.2) is 12.6 Å². The van der Waals surface area contributed by atoms with Crippen molar-refractivity contribution in [2.24, 2.45) is 5.41 Å². The van der Waals surface area contributed by atoms with Crippen LogP contribution in [0.1, 0.15) is 57.9 Å². The van der Waals surface area contributed by atoms with E-state index in [4.69, 9.17) is 0 Å². The maximum Gasteiger partial charge on any atom is 0.137 e. The molecule has 1 saturated carbocycles. The van der Waals surface area contributed by atoms with Gasteiger partial charge in [-0.2, -0.15) is 0 Å². The molecule has 112 valence electrons. The Morgan fingerprint density at radius 3 is 2.55 bits per heavy atom. The lowest BCUT2D eigenvalue weighted by Crippen LogP contribution is -2.58. The Hall–Kier alpha value is -0.410. The van der Waals surface area contributed by atoms with Crippen LogP contribution in [0.2, 0.25) is 0 Å². The first-order valence-corrected chi connectivity index (χ1v) is 8.56. The van der Waals surface area contributed by atoms with Crippen molar-refractivity contribution in [2.45, 2.75) is 58.4 Å². The normalized spacial score (nSPS) is 24.4. The Balaban J connectivity index is 2.21. The zero-order valence-corrected chi connectivity index (χ0v) is 14.3. The van der Waals surface area contributed by atoms with E-state index in [1.165, 1.54) is 31.2 Å². The third-order valence-corrected chi connectivity index (χ3v) is 5.77. The highest BCUT2D eigenvalue weighted by molar-refractivity contribution is 9.10. The van der Waals surface area contributed by atoms with Crippen molar-refractivity contribution < 1.29 is 4.39 Å². The molecule has 20 heavy (non-hydrogen) atoms. The van der Waals surface area contributed by atoms with E-state index in [2.05, 4.69) is 42.0 Å². The molecule has 0 amide bonds. The molecule has 1 aliphatic rings. The molecular weight excluding hydrogens is 317 g/mol. The fourth-order valence-electron chi connectivity index (χ4n) is 3.83. The molecule has 1 aliphatic carbocycles. The molecule has 2 unspecified atom stereocenters. The topological polar surface area (TPSA) is 12.0 Å². The van der Waals surface area contributed by atoms with Gasteiger partial charge in [0.25, 0.3) is 0 Å². The molecule has 0 heterocycles. The van der Waals surface area contributed by atoms with Crippen molar-refractivity contribution in [3.8, 4) is 0 Å². The fraction of sp³-hybridized carbons (Fsp3) is 0.647. The Kier molecular flexibility index (Phi) is 5.25. The lowest BCUT2D eigenvalue weighted by molar-refractivity contribution is 0.0201. The lowest BCUT2D eigenvalue weighted by atomic mass is 9.52. The minimum absolute atomic E-state index is 0.174. The second-order valence-electron chi connectivity index (χ2n) is 5.91. The summed E-state index contributed by atoms with van der Waals surface area (Å²) in [5.41, 5.74) is 1.60. The summed E-state index contributed by atoms with van der Waals surface area (Å²) in [4.78, 5) is 0. The van der Waals surface area contributed by atoms with E-state index in [9.17, 15) is 4.39 Å². The molecule has 1 aromatic rings. The number of hydrogen-bond donors (Lipinski definition) is 1. The van der Waals surface area contributed by atoms with Gasteiger partial charge in [0.1, 0.15) is 5.82 Å². The Labute approximate surface area is 130 Å². The molecule has 0 aromatic heterocycles. The number of benzene rings is 1. The van der Waals surface area contributed by atoms with E-state index in [1.807, 2.05) is 12.1 Å². The van der Waals surface area contributed by atoms with Gasteiger partial charge in [0.15, 0.2) is 0 Å². The molecule has 0 bridgehead atoms. The van der Waals surface area contributed by atoms with Gasteiger partial charge in [-0.3, -0.25) is 0 Å². The van der Waals surface area contributed by atoms with Crippen molar-refractivity contribution in [1.29, 1.82) is 0 Å². The van der Waals surface area contributed by atoms with Crippen molar-refractivity contribution >= 4 is 15.9 Å². The molecule has 0 saturated heterocycles. The van der Waals surface area contributed by atoms with Crippen LogP contribution in [0.5, 0.6) is 0 Å². The van der Waals surface area contributed by atoms with Crippen molar-refractivity contribution in [1.82, 2.24) is 5.32 Å². The Bertz CT molecular complexity index is 456. The minimum Gasteiger partial charge on any atom is -0.313 e. The van der Waals surface area contributed by atoms with Crippen LogP contribution in [0.3, 0.4) is 0 Å². The summed E-state index contributed by atoms with van der Waals surface area (Å²) in [6.45, 7) is 7.87. The zero-order valence-electron chi connectivity index (χ0n) is 12.7. The molecule has 1 fully saturated rings. The molecule has 1 aromatic carbocycles.